The third-order valence-electron chi connectivity index (χ3n) is 3.66. The maximum atomic E-state index is 2.31. The van der Waals surface area contributed by atoms with Crippen molar-refractivity contribution >= 4 is 0 Å². The van der Waals surface area contributed by atoms with Gasteiger partial charge in [-0.1, -0.05) is 39.5 Å². The molecule has 1 aliphatic rings. The van der Waals surface area contributed by atoms with Crippen LogP contribution in [0.2, 0.25) is 0 Å². The first-order valence-electron chi connectivity index (χ1n) is 6.70. The lowest BCUT2D eigenvalue weighted by Gasteiger charge is -2.29. The molecule has 0 unspecified atom stereocenters. The van der Waals surface area contributed by atoms with Gasteiger partial charge in [0.25, 0.3) is 0 Å². The van der Waals surface area contributed by atoms with Crippen LogP contribution in [0.1, 0.15) is 58.8 Å². The molecule has 0 aromatic heterocycles. The van der Waals surface area contributed by atoms with Crippen LogP contribution in [0.5, 0.6) is 0 Å². The summed E-state index contributed by atoms with van der Waals surface area (Å²) in [6.45, 7) is 8.94. The van der Waals surface area contributed by atoms with Gasteiger partial charge in [0.15, 0.2) is 0 Å². The van der Waals surface area contributed by atoms with Crippen LogP contribution in [-0.4, -0.2) is 19.6 Å². The second kappa shape index (κ2) is 9.14. The van der Waals surface area contributed by atoms with Crippen molar-refractivity contribution in [2.75, 3.05) is 19.6 Å². The highest BCUT2D eigenvalue weighted by atomic mass is 19.0. The van der Waals surface area contributed by atoms with E-state index in [2.05, 4.69) is 13.8 Å². The van der Waals surface area contributed by atoms with Crippen molar-refractivity contribution in [3.05, 3.63) is 0 Å². The summed E-state index contributed by atoms with van der Waals surface area (Å²) < 4.78 is 0. The number of quaternary nitrogens is 1. The van der Waals surface area contributed by atoms with Gasteiger partial charge in [0.1, 0.15) is 0 Å². The lowest BCUT2D eigenvalue weighted by molar-refractivity contribution is -0.906. The molecule has 0 aliphatic carbocycles. The highest BCUT2D eigenvalue weighted by Crippen LogP contribution is 2.16. The van der Waals surface area contributed by atoms with E-state index in [-0.39, 0.29) is 4.70 Å². The summed E-state index contributed by atoms with van der Waals surface area (Å²) in [5.74, 6) is 1.07. The quantitative estimate of drug-likeness (QED) is 0.599. The molecular formula is C13H28FN. The fourth-order valence-corrected chi connectivity index (χ4v) is 2.54. The van der Waals surface area contributed by atoms with Gasteiger partial charge in [0.05, 0.1) is 19.6 Å². The monoisotopic (exact) mass is 217 g/mol. The maximum absolute atomic E-state index is 2.31. The van der Waals surface area contributed by atoms with Gasteiger partial charge in [0, 0.05) is 0 Å². The second-order valence-corrected chi connectivity index (χ2v) is 4.94. The fourth-order valence-electron chi connectivity index (χ4n) is 2.54. The zero-order chi connectivity index (χ0) is 10.2. The minimum atomic E-state index is 0. The van der Waals surface area contributed by atoms with Gasteiger partial charge in [-0.25, -0.2) is 0 Å². The molecule has 1 rings (SSSR count). The predicted molar refractivity (Wildman–Crippen MR) is 62.7 cm³/mol. The van der Waals surface area contributed by atoms with Gasteiger partial charge in [-0.2, -0.15) is 0 Å². The van der Waals surface area contributed by atoms with E-state index in [0.29, 0.717) is 0 Å². The van der Waals surface area contributed by atoms with E-state index in [0.717, 1.165) is 5.92 Å². The number of hydrogen-bond donors (Lipinski definition) is 1. The van der Waals surface area contributed by atoms with E-state index >= 15 is 0 Å². The first-order chi connectivity index (χ1) is 6.86. The first kappa shape index (κ1) is 14.9. The van der Waals surface area contributed by atoms with Crippen molar-refractivity contribution in [3.63, 3.8) is 0 Å². The number of hydrogen-bond acceptors (Lipinski definition) is 0. The van der Waals surface area contributed by atoms with Crippen LogP contribution in [0.4, 0.5) is 0 Å². The van der Waals surface area contributed by atoms with Crippen molar-refractivity contribution in [1.82, 2.24) is 0 Å². The van der Waals surface area contributed by atoms with E-state index < -0.39 is 0 Å². The topological polar surface area (TPSA) is 4.44 Å². The number of piperidine rings is 1. The summed E-state index contributed by atoms with van der Waals surface area (Å²) >= 11 is 0. The zero-order valence-electron chi connectivity index (χ0n) is 10.5. The van der Waals surface area contributed by atoms with Gasteiger partial charge in [-0.15, -0.1) is 0 Å². The second-order valence-electron chi connectivity index (χ2n) is 4.94. The third-order valence-corrected chi connectivity index (χ3v) is 3.66. The Balaban J connectivity index is 0.00000196. The molecule has 0 bridgehead atoms. The number of unbranched alkanes of at least 4 members (excludes halogenated alkanes) is 2. The molecule has 92 valence electrons. The molecular weight excluding hydrogens is 189 g/mol. The highest BCUT2D eigenvalue weighted by Gasteiger charge is 2.20. The summed E-state index contributed by atoms with van der Waals surface area (Å²) in [5.41, 5.74) is 0. The van der Waals surface area contributed by atoms with Gasteiger partial charge >= 0.3 is 0 Å². The average molecular weight is 217 g/mol. The van der Waals surface area contributed by atoms with Crippen molar-refractivity contribution in [3.8, 4) is 0 Å². The van der Waals surface area contributed by atoms with Crippen LogP contribution in [0, 0.1) is 5.92 Å². The molecule has 0 aromatic rings. The molecule has 0 atom stereocenters. The summed E-state index contributed by atoms with van der Waals surface area (Å²) in [7, 11) is 0. The molecule has 0 amide bonds. The third kappa shape index (κ3) is 6.14. The smallest absolute Gasteiger partial charge is 0.0773 e. The first-order valence-corrected chi connectivity index (χ1v) is 6.70. The Morgan fingerprint density at radius 2 is 1.60 bits per heavy atom. The molecule has 0 aromatic carbocycles. The summed E-state index contributed by atoms with van der Waals surface area (Å²) in [6, 6.07) is 0. The van der Waals surface area contributed by atoms with E-state index in [1.54, 1.807) is 0 Å². The standard InChI is InChI=1S/C13H27N.FH/c1-3-5-7-13-8-11-14(12-9-13)10-6-4-2;/h13H,3-12H2,1-2H3;1H. The molecule has 2 heteroatoms. The lowest BCUT2D eigenvalue weighted by atomic mass is 9.91. The van der Waals surface area contributed by atoms with Crippen molar-refractivity contribution < 1.29 is 9.60 Å². The number of likely N-dealkylation sites (tertiary alicyclic amines) is 1. The number of halogens is 1. The molecule has 0 radical (unpaired) electrons. The molecule has 1 aliphatic heterocycles. The Hall–Kier alpha value is -0.110. The Morgan fingerprint density at radius 3 is 2.13 bits per heavy atom. The van der Waals surface area contributed by atoms with E-state index in [1.165, 1.54) is 64.6 Å². The molecule has 0 spiro atoms. The Labute approximate surface area is 94.6 Å². The van der Waals surface area contributed by atoms with E-state index in [1.807, 2.05) is 4.90 Å². The van der Waals surface area contributed by atoms with Crippen LogP contribution in [0.25, 0.3) is 0 Å². The van der Waals surface area contributed by atoms with Gasteiger partial charge in [0.2, 0.25) is 0 Å². The molecule has 1 heterocycles. The molecule has 1 fully saturated rings. The van der Waals surface area contributed by atoms with Crippen molar-refractivity contribution in [1.29, 1.82) is 0 Å². The van der Waals surface area contributed by atoms with Gasteiger partial charge in [-0.3, -0.25) is 0 Å². The van der Waals surface area contributed by atoms with Crippen LogP contribution in [0.3, 0.4) is 0 Å². The molecule has 0 saturated carbocycles. The lowest BCUT2D eigenvalue weighted by Crippen LogP contribution is -3.13. The Morgan fingerprint density at radius 1 is 1.00 bits per heavy atom. The van der Waals surface area contributed by atoms with E-state index in [4.69, 9.17) is 0 Å². The minimum absolute atomic E-state index is 0. The summed E-state index contributed by atoms with van der Waals surface area (Å²) in [5, 5.41) is 0. The maximum Gasteiger partial charge on any atom is 0.0773 e. The SMILES string of the molecule is CCCCC1CC[NH+](CCCC)CC1.[F-]. The molecule has 1 saturated heterocycles. The normalized spacial score (nSPS) is 26.0. The Kier molecular flexibility index (Phi) is 9.07. The van der Waals surface area contributed by atoms with Crippen molar-refractivity contribution in [2.24, 2.45) is 5.92 Å². The number of nitrogens with one attached hydrogen (secondary N) is 1. The molecule has 1 nitrogen and oxygen atoms in total. The molecule has 1 N–H and O–H groups in total. The number of rotatable bonds is 6. The fraction of sp³-hybridized carbons (Fsp3) is 1.00. The van der Waals surface area contributed by atoms with Crippen LogP contribution >= 0.6 is 0 Å². The van der Waals surface area contributed by atoms with Gasteiger partial charge < -0.3 is 9.60 Å². The highest BCUT2D eigenvalue weighted by molar-refractivity contribution is 4.62. The summed E-state index contributed by atoms with van der Waals surface area (Å²) in [6.07, 6.45) is 10.1. The van der Waals surface area contributed by atoms with Crippen LogP contribution in [-0.2, 0) is 0 Å². The van der Waals surface area contributed by atoms with Crippen molar-refractivity contribution in [2.45, 2.75) is 58.8 Å². The average Bonchev–Trinajstić information content (AvgIpc) is 2.25. The molecule has 15 heavy (non-hydrogen) atoms. The Bertz CT molecular complexity index is 114. The largest absolute Gasteiger partial charge is 1.00 e. The van der Waals surface area contributed by atoms with Crippen LogP contribution < -0.4 is 9.60 Å². The van der Waals surface area contributed by atoms with E-state index in [9.17, 15) is 0 Å². The summed E-state index contributed by atoms with van der Waals surface area (Å²) in [4.78, 5) is 1.87. The van der Waals surface area contributed by atoms with Gasteiger partial charge in [-0.05, 0) is 25.2 Å². The predicted octanol–water partition coefficient (Wildman–Crippen LogP) is -0.724. The minimum Gasteiger partial charge on any atom is -1.00 e. The zero-order valence-corrected chi connectivity index (χ0v) is 10.5. The van der Waals surface area contributed by atoms with Crippen LogP contribution in [0.15, 0.2) is 0 Å².